The minimum absolute atomic E-state index is 0.234. The molecule has 1 rings (SSSR count). The summed E-state index contributed by atoms with van der Waals surface area (Å²) in [5.41, 5.74) is 5.95. The Morgan fingerprint density at radius 3 is 2.50 bits per heavy atom. The topological polar surface area (TPSA) is 35.2 Å². The number of rotatable bonds is 6. The molecule has 2 nitrogen and oxygen atoms in total. The predicted octanol–water partition coefficient (Wildman–Crippen LogP) is 3.50. The van der Waals surface area contributed by atoms with Crippen LogP contribution in [0.1, 0.15) is 18.0 Å². The number of halogens is 4. The van der Waals surface area contributed by atoms with Gasteiger partial charge in [0.1, 0.15) is 5.75 Å². The van der Waals surface area contributed by atoms with Gasteiger partial charge in [-0.15, -0.1) is 6.58 Å². The highest BCUT2D eigenvalue weighted by Crippen LogP contribution is 2.32. The van der Waals surface area contributed by atoms with E-state index in [9.17, 15) is 17.6 Å². The first-order valence-corrected chi connectivity index (χ1v) is 5.19. The van der Waals surface area contributed by atoms with Crippen molar-refractivity contribution in [1.29, 1.82) is 0 Å². The van der Waals surface area contributed by atoms with Crippen molar-refractivity contribution in [2.45, 2.75) is 25.0 Å². The van der Waals surface area contributed by atoms with Crippen molar-refractivity contribution >= 4 is 0 Å². The molecule has 0 aliphatic carbocycles. The molecule has 0 bridgehead atoms. The molecule has 0 aromatic heterocycles. The Labute approximate surface area is 102 Å². The Kier molecular flexibility index (Phi) is 4.72. The summed E-state index contributed by atoms with van der Waals surface area (Å²) in [4.78, 5) is 0. The largest absolute Gasteiger partial charge is 0.461 e. The maximum absolute atomic E-state index is 12.8. The number of hydrogen-bond acceptors (Lipinski definition) is 2. The molecule has 100 valence electrons. The first kappa shape index (κ1) is 14.5. The van der Waals surface area contributed by atoms with E-state index >= 15 is 0 Å². The van der Waals surface area contributed by atoms with Crippen LogP contribution in [-0.2, 0) is 0 Å². The van der Waals surface area contributed by atoms with Crippen LogP contribution in [0, 0.1) is 0 Å². The molecule has 1 atom stereocenters. The van der Waals surface area contributed by atoms with Crippen LogP contribution in [0.5, 0.6) is 5.75 Å². The fourth-order valence-electron chi connectivity index (χ4n) is 1.38. The summed E-state index contributed by atoms with van der Waals surface area (Å²) in [6.45, 7) is 3.47. The first-order chi connectivity index (χ1) is 8.38. The van der Waals surface area contributed by atoms with Crippen LogP contribution in [0.15, 0.2) is 36.9 Å². The normalized spacial score (nSPS) is 13.4. The molecule has 0 saturated carbocycles. The molecular weight excluding hydrogens is 250 g/mol. The predicted molar refractivity (Wildman–Crippen MR) is 59.8 cm³/mol. The van der Waals surface area contributed by atoms with E-state index in [4.69, 9.17) is 5.73 Å². The Morgan fingerprint density at radius 1 is 1.33 bits per heavy atom. The fraction of sp³-hybridized carbons (Fsp3) is 0.333. The summed E-state index contributed by atoms with van der Waals surface area (Å²) in [6.07, 6.45) is -6.61. The van der Waals surface area contributed by atoms with Crippen LogP contribution in [0.3, 0.4) is 0 Å². The fourth-order valence-corrected chi connectivity index (χ4v) is 1.38. The van der Waals surface area contributed by atoms with Crippen LogP contribution < -0.4 is 10.5 Å². The first-order valence-electron chi connectivity index (χ1n) is 5.19. The zero-order valence-electron chi connectivity index (χ0n) is 9.45. The second-order valence-corrected chi connectivity index (χ2v) is 3.63. The highest BCUT2D eigenvalue weighted by molar-refractivity contribution is 5.36. The standard InChI is InChI=1S/C12H13F4NO/c1-2-5-9(17)8-6-3-4-7-10(8)18-12(15,16)11(13)14/h2-4,6-7,9,11H,1,5,17H2/t9-/m0/s1. The SMILES string of the molecule is C=CC[C@H](N)c1ccccc1OC(F)(F)C(F)F. The monoisotopic (exact) mass is 263 g/mol. The van der Waals surface area contributed by atoms with Gasteiger partial charge in [-0.25, -0.2) is 0 Å². The van der Waals surface area contributed by atoms with Gasteiger partial charge in [0.2, 0.25) is 0 Å². The molecule has 0 saturated heterocycles. The zero-order chi connectivity index (χ0) is 13.8. The Hall–Kier alpha value is -1.56. The van der Waals surface area contributed by atoms with Crippen molar-refractivity contribution in [2.24, 2.45) is 5.73 Å². The maximum atomic E-state index is 12.8. The lowest BCUT2D eigenvalue weighted by molar-refractivity contribution is -0.253. The van der Waals surface area contributed by atoms with E-state index in [2.05, 4.69) is 11.3 Å². The molecule has 1 aromatic rings. The highest BCUT2D eigenvalue weighted by atomic mass is 19.3. The lowest BCUT2D eigenvalue weighted by Crippen LogP contribution is -2.34. The molecular formula is C12H13F4NO. The molecule has 0 aliphatic rings. The number of hydrogen-bond donors (Lipinski definition) is 1. The number of benzene rings is 1. The molecule has 0 spiro atoms. The van der Waals surface area contributed by atoms with E-state index in [-0.39, 0.29) is 11.3 Å². The molecule has 0 amide bonds. The van der Waals surface area contributed by atoms with E-state index in [1.165, 1.54) is 24.3 Å². The van der Waals surface area contributed by atoms with E-state index in [0.29, 0.717) is 6.42 Å². The van der Waals surface area contributed by atoms with Crippen LogP contribution in [0.25, 0.3) is 0 Å². The summed E-state index contributed by atoms with van der Waals surface area (Å²) in [5, 5.41) is 0. The van der Waals surface area contributed by atoms with Gasteiger partial charge in [0.05, 0.1) is 0 Å². The summed E-state index contributed by atoms with van der Waals surface area (Å²) in [7, 11) is 0. The van der Waals surface area contributed by atoms with Crippen LogP contribution in [0.4, 0.5) is 17.6 Å². The van der Waals surface area contributed by atoms with Gasteiger partial charge in [0.15, 0.2) is 0 Å². The van der Waals surface area contributed by atoms with E-state index < -0.39 is 18.6 Å². The van der Waals surface area contributed by atoms with Gasteiger partial charge in [-0.2, -0.15) is 17.6 Å². The average Bonchev–Trinajstić information content (AvgIpc) is 2.29. The maximum Gasteiger partial charge on any atom is 0.461 e. The summed E-state index contributed by atoms with van der Waals surface area (Å²) in [5.74, 6) is -0.350. The second-order valence-electron chi connectivity index (χ2n) is 3.63. The minimum Gasteiger partial charge on any atom is -0.428 e. The molecule has 18 heavy (non-hydrogen) atoms. The summed E-state index contributed by atoms with van der Waals surface area (Å²) >= 11 is 0. The molecule has 0 fully saturated rings. The van der Waals surface area contributed by atoms with Crippen LogP contribution >= 0.6 is 0 Å². The molecule has 0 heterocycles. The smallest absolute Gasteiger partial charge is 0.428 e. The summed E-state index contributed by atoms with van der Waals surface area (Å²) in [6, 6.07) is 4.96. The molecule has 0 unspecified atom stereocenters. The number of ether oxygens (including phenoxy) is 1. The van der Waals surface area contributed by atoms with Crippen molar-refractivity contribution in [3.8, 4) is 5.75 Å². The van der Waals surface area contributed by atoms with Crippen molar-refractivity contribution in [3.05, 3.63) is 42.5 Å². The number of para-hydroxylation sites is 1. The number of alkyl halides is 4. The van der Waals surface area contributed by atoms with Crippen molar-refractivity contribution in [3.63, 3.8) is 0 Å². The molecule has 2 N–H and O–H groups in total. The lowest BCUT2D eigenvalue weighted by atomic mass is 10.0. The zero-order valence-corrected chi connectivity index (χ0v) is 9.45. The Morgan fingerprint density at radius 2 is 1.94 bits per heavy atom. The van der Waals surface area contributed by atoms with Crippen molar-refractivity contribution in [2.75, 3.05) is 0 Å². The average molecular weight is 263 g/mol. The summed E-state index contributed by atoms with van der Waals surface area (Å²) < 4.78 is 53.8. The third-order valence-electron chi connectivity index (χ3n) is 2.24. The number of nitrogens with two attached hydrogens (primary N) is 1. The van der Waals surface area contributed by atoms with E-state index in [1.54, 1.807) is 6.07 Å². The van der Waals surface area contributed by atoms with Gasteiger partial charge >= 0.3 is 12.5 Å². The van der Waals surface area contributed by atoms with Gasteiger partial charge < -0.3 is 10.5 Å². The van der Waals surface area contributed by atoms with E-state index in [0.717, 1.165) is 0 Å². The van der Waals surface area contributed by atoms with Gasteiger partial charge in [0, 0.05) is 11.6 Å². The third kappa shape index (κ3) is 3.46. The lowest BCUT2D eigenvalue weighted by Gasteiger charge is -2.21. The molecule has 6 heteroatoms. The molecule has 1 aromatic carbocycles. The molecule has 0 radical (unpaired) electrons. The third-order valence-corrected chi connectivity index (χ3v) is 2.24. The highest BCUT2D eigenvalue weighted by Gasteiger charge is 2.44. The Balaban J connectivity index is 2.99. The minimum atomic E-state index is -4.54. The van der Waals surface area contributed by atoms with Gasteiger partial charge in [-0.1, -0.05) is 24.3 Å². The van der Waals surface area contributed by atoms with Crippen LogP contribution in [-0.4, -0.2) is 12.5 Å². The van der Waals surface area contributed by atoms with E-state index in [1.807, 2.05) is 0 Å². The van der Waals surface area contributed by atoms with Crippen molar-refractivity contribution < 1.29 is 22.3 Å². The van der Waals surface area contributed by atoms with Gasteiger partial charge in [-0.05, 0) is 12.5 Å². The van der Waals surface area contributed by atoms with Crippen LogP contribution in [0.2, 0.25) is 0 Å². The molecule has 0 aliphatic heterocycles. The van der Waals surface area contributed by atoms with Gasteiger partial charge in [0.25, 0.3) is 0 Å². The van der Waals surface area contributed by atoms with Gasteiger partial charge in [-0.3, -0.25) is 0 Å². The van der Waals surface area contributed by atoms with Crippen molar-refractivity contribution in [1.82, 2.24) is 0 Å². The Bertz CT molecular complexity index is 409. The quantitative estimate of drug-likeness (QED) is 0.629. The second kappa shape index (κ2) is 5.86.